The standard InChI is InChI=1S/C21H19N3O6/c1-2-21(29)13-4-15-18-11(7-24(15)19(27)12(13)8-30-20(21)28)10(6-22)9-3-16(25)17(26)5-14(9)23-18/h3-5,25-26,29H,2,6-8,22H2,1H3/t21-/m0/s1. The van der Waals surface area contributed by atoms with E-state index in [1.165, 1.54) is 16.7 Å². The number of esters is 1. The lowest BCUT2D eigenvalue weighted by molar-refractivity contribution is -0.172. The number of aromatic hydroxyl groups is 2. The van der Waals surface area contributed by atoms with Crippen molar-refractivity contribution in [3.05, 3.63) is 50.8 Å². The lowest BCUT2D eigenvalue weighted by Gasteiger charge is -2.31. The third-order valence-corrected chi connectivity index (χ3v) is 6.11. The van der Waals surface area contributed by atoms with Gasteiger partial charge in [0, 0.05) is 29.1 Å². The van der Waals surface area contributed by atoms with Crippen molar-refractivity contribution >= 4 is 16.9 Å². The van der Waals surface area contributed by atoms with Gasteiger partial charge in [0.05, 0.1) is 29.0 Å². The molecule has 154 valence electrons. The zero-order valence-corrected chi connectivity index (χ0v) is 16.1. The second kappa shape index (κ2) is 6.04. The van der Waals surface area contributed by atoms with Gasteiger partial charge in [0.25, 0.3) is 5.56 Å². The molecule has 1 aromatic carbocycles. The van der Waals surface area contributed by atoms with Crippen molar-refractivity contribution in [2.45, 2.75) is 38.6 Å². The van der Waals surface area contributed by atoms with Crippen LogP contribution in [0.15, 0.2) is 23.0 Å². The molecule has 0 aliphatic carbocycles. The second-order valence-corrected chi connectivity index (χ2v) is 7.58. The fourth-order valence-electron chi connectivity index (χ4n) is 4.42. The normalized spacial score (nSPS) is 19.4. The number of rotatable bonds is 2. The summed E-state index contributed by atoms with van der Waals surface area (Å²) < 4.78 is 6.59. The molecule has 2 aliphatic rings. The molecule has 2 aliphatic heterocycles. The number of benzene rings is 1. The van der Waals surface area contributed by atoms with E-state index >= 15 is 0 Å². The third kappa shape index (κ3) is 2.21. The van der Waals surface area contributed by atoms with Crippen LogP contribution in [0.5, 0.6) is 11.5 Å². The summed E-state index contributed by atoms with van der Waals surface area (Å²) in [5.41, 5.74) is 6.98. The molecule has 9 nitrogen and oxygen atoms in total. The van der Waals surface area contributed by atoms with Crippen LogP contribution in [-0.2, 0) is 34.8 Å². The number of aliphatic hydroxyl groups is 1. The molecule has 1 atom stereocenters. The predicted octanol–water partition coefficient (Wildman–Crippen LogP) is 0.950. The number of hydrogen-bond acceptors (Lipinski definition) is 8. The highest BCUT2D eigenvalue weighted by Crippen LogP contribution is 2.41. The van der Waals surface area contributed by atoms with E-state index in [-0.39, 0.29) is 54.3 Å². The predicted molar refractivity (Wildman–Crippen MR) is 106 cm³/mol. The van der Waals surface area contributed by atoms with Gasteiger partial charge in [-0.1, -0.05) is 6.92 Å². The first-order chi connectivity index (χ1) is 14.3. The number of hydrogen-bond donors (Lipinski definition) is 4. The van der Waals surface area contributed by atoms with Gasteiger partial charge >= 0.3 is 5.97 Å². The summed E-state index contributed by atoms with van der Waals surface area (Å²) in [5.74, 6) is -1.39. The van der Waals surface area contributed by atoms with E-state index in [0.717, 1.165) is 5.56 Å². The van der Waals surface area contributed by atoms with Gasteiger partial charge in [-0.25, -0.2) is 9.78 Å². The molecule has 0 saturated carbocycles. The van der Waals surface area contributed by atoms with Crippen LogP contribution in [0, 0.1) is 0 Å². The highest BCUT2D eigenvalue weighted by atomic mass is 16.6. The Balaban J connectivity index is 1.84. The fourth-order valence-corrected chi connectivity index (χ4v) is 4.42. The zero-order chi connectivity index (χ0) is 21.4. The van der Waals surface area contributed by atoms with Crippen LogP contribution >= 0.6 is 0 Å². The van der Waals surface area contributed by atoms with Crippen molar-refractivity contribution in [3.8, 4) is 22.9 Å². The molecule has 0 bridgehead atoms. The van der Waals surface area contributed by atoms with E-state index in [1.807, 2.05) is 0 Å². The van der Waals surface area contributed by atoms with Crippen molar-refractivity contribution in [1.82, 2.24) is 9.55 Å². The fraction of sp³-hybridized carbons (Fsp3) is 0.286. The SMILES string of the molecule is CC[C@@]1(O)C(=O)OCc2c1cc1n(c2=O)Cc2c-1nc1cc(O)c(O)cc1c2CN. The van der Waals surface area contributed by atoms with E-state index < -0.39 is 11.6 Å². The van der Waals surface area contributed by atoms with Gasteiger partial charge in [0.1, 0.15) is 6.61 Å². The average molecular weight is 409 g/mol. The monoisotopic (exact) mass is 409 g/mol. The van der Waals surface area contributed by atoms with Gasteiger partial charge in [0.15, 0.2) is 17.1 Å². The number of nitrogens with zero attached hydrogens (tertiary/aromatic N) is 2. The number of nitrogens with two attached hydrogens (primary N) is 1. The minimum atomic E-state index is -1.90. The van der Waals surface area contributed by atoms with Gasteiger partial charge < -0.3 is 30.4 Å². The second-order valence-electron chi connectivity index (χ2n) is 7.58. The Labute approximate surface area is 170 Å². The van der Waals surface area contributed by atoms with E-state index in [2.05, 4.69) is 4.98 Å². The molecular formula is C21H19N3O6. The molecule has 30 heavy (non-hydrogen) atoms. The number of ether oxygens (including phenoxy) is 1. The lowest BCUT2D eigenvalue weighted by Crippen LogP contribution is -2.44. The van der Waals surface area contributed by atoms with Crippen molar-refractivity contribution < 1.29 is 24.9 Å². The number of carbonyl (C=O) groups excluding carboxylic acids is 1. The molecule has 0 spiro atoms. The number of carbonyl (C=O) groups is 1. The maximum Gasteiger partial charge on any atom is 0.343 e. The summed E-state index contributed by atoms with van der Waals surface area (Å²) in [6.45, 7) is 1.79. The first-order valence-electron chi connectivity index (χ1n) is 9.54. The number of pyridine rings is 2. The van der Waals surface area contributed by atoms with E-state index in [4.69, 9.17) is 10.5 Å². The summed E-state index contributed by atoms with van der Waals surface area (Å²) in [4.78, 5) is 30.1. The molecule has 0 saturated heterocycles. The summed E-state index contributed by atoms with van der Waals surface area (Å²) >= 11 is 0. The number of phenols is 2. The Hall–Kier alpha value is -3.43. The molecule has 0 radical (unpaired) electrons. The van der Waals surface area contributed by atoms with Crippen LogP contribution in [0.1, 0.15) is 35.6 Å². The molecule has 5 N–H and O–H groups in total. The molecule has 5 rings (SSSR count). The van der Waals surface area contributed by atoms with Crippen LogP contribution in [0.4, 0.5) is 0 Å². The Kier molecular flexibility index (Phi) is 3.74. The zero-order valence-electron chi connectivity index (χ0n) is 16.1. The molecule has 0 fully saturated rings. The third-order valence-electron chi connectivity index (χ3n) is 6.11. The Morgan fingerprint density at radius 3 is 2.63 bits per heavy atom. The molecule has 9 heteroatoms. The molecule has 2 aromatic heterocycles. The first kappa shape index (κ1) is 18.6. The van der Waals surface area contributed by atoms with Gasteiger partial charge in [0.2, 0.25) is 0 Å². The molecule has 4 heterocycles. The number of aromatic nitrogens is 2. The topological polar surface area (TPSA) is 148 Å². The van der Waals surface area contributed by atoms with Crippen LogP contribution < -0.4 is 11.3 Å². The van der Waals surface area contributed by atoms with Crippen LogP contribution in [0.2, 0.25) is 0 Å². The highest BCUT2D eigenvalue weighted by Gasteiger charge is 2.45. The summed E-state index contributed by atoms with van der Waals surface area (Å²) in [6.07, 6.45) is 0.0565. The Morgan fingerprint density at radius 2 is 1.93 bits per heavy atom. The van der Waals surface area contributed by atoms with Crippen molar-refractivity contribution in [3.63, 3.8) is 0 Å². The van der Waals surface area contributed by atoms with Crippen molar-refractivity contribution in [2.75, 3.05) is 0 Å². The maximum atomic E-state index is 13.2. The van der Waals surface area contributed by atoms with Gasteiger partial charge in [-0.15, -0.1) is 0 Å². The van der Waals surface area contributed by atoms with Gasteiger partial charge in [-0.2, -0.15) is 0 Å². The van der Waals surface area contributed by atoms with Crippen LogP contribution in [0.25, 0.3) is 22.3 Å². The molecule has 3 aromatic rings. The Bertz CT molecular complexity index is 1330. The number of fused-ring (bicyclic) bond motifs is 5. The quantitative estimate of drug-likeness (QED) is 0.282. The van der Waals surface area contributed by atoms with Crippen molar-refractivity contribution in [1.29, 1.82) is 0 Å². The summed E-state index contributed by atoms with van der Waals surface area (Å²) in [6, 6.07) is 4.36. The number of phenolic OH excluding ortho intramolecular Hbond substituents is 2. The van der Waals surface area contributed by atoms with E-state index in [9.17, 15) is 24.9 Å². The number of cyclic esters (lactones) is 1. The minimum absolute atomic E-state index is 0.0565. The summed E-state index contributed by atoms with van der Waals surface area (Å²) in [5, 5.41) is 31.3. The minimum Gasteiger partial charge on any atom is -0.504 e. The first-order valence-corrected chi connectivity index (χ1v) is 9.54. The molecular weight excluding hydrogens is 390 g/mol. The van der Waals surface area contributed by atoms with E-state index in [1.54, 1.807) is 13.0 Å². The largest absolute Gasteiger partial charge is 0.504 e. The molecule has 0 unspecified atom stereocenters. The average Bonchev–Trinajstić information content (AvgIpc) is 3.09. The van der Waals surface area contributed by atoms with Crippen LogP contribution in [0.3, 0.4) is 0 Å². The molecule has 0 amide bonds. The lowest BCUT2D eigenvalue weighted by atomic mass is 9.86. The highest BCUT2D eigenvalue weighted by molar-refractivity contribution is 5.91. The smallest absolute Gasteiger partial charge is 0.343 e. The van der Waals surface area contributed by atoms with Crippen LogP contribution in [-0.4, -0.2) is 30.8 Å². The van der Waals surface area contributed by atoms with E-state index in [0.29, 0.717) is 27.9 Å². The summed E-state index contributed by atoms with van der Waals surface area (Å²) in [7, 11) is 0. The van der Waals surface area contributed by atoms with Crippen molar-refractivity contribution in [2.24, 2.45) is 5.73 Å². The Morgan fingerprint density at radius 1 is 1.20 bits per heavy atom. The van der Waals surface area contributed by atoms with Gasteiger partial charge in [-0.05, 0) is 24.1 Å². The maximum absolute atomic E-state index is 13.2. The van der Waals surface area contributed by atoms with Gasteiger partial charge in [-0.3, -0.25) is 4.79 Å².